The Morgan fingerprint density at radius 3 is 1.78 bits per heavy atom. The van der Waals surface area contributed by atoms with E-state index in [1.807, 2.05) is 103 Å². The van der Waals surface area contributed by atoms with Crippen molar-refractivity contribution in [3.05, 3.63) is 120 Å². The van der Waals surface area contributed by atoms with Gasteiger partial charge in [0, 0.05) is 12.8 Å². The number of nitrogens with one attached hydrogen (secondary N) is 2. The summed E-state index contributed by atoms with van der Waals surface area (Å²) < 4.78 is 0. The average molecular weight is 481 g/mol. The van der Waals surface area contributed by atoms with Crippen LogP contribution in [0.25, 0.3) is 10.8 Å². The van der Waals surface area contributed by atoms with Crippen molar-refractivity contribution in [2.24, 2.45) is 0 Å². The van der Waals surface area contributed by atoms with Crippen LogP contribution in [0.1, 0.15) is 16.7 Å². The van der Waals surface area contributed by atoms with Crippen LogP contribution in [0, 0.1) is 0 Å². The summed E-state index contributed by atoms with van der Waals surface area (Å²) in [6.45, 7) is 0. The molecule has 6 heteroatoms. The second-order valence-corrected chi connectivity index (χ2v) is 8.76. The van der Waals surface area contributed by atoms with Crippen LogP contribution >= 0.6 is 0 Å². The highest BCUT2D eigenvalue weighted by Gasteiger charge is 2.27. The largest absolute Gasteiger partial charge is 0.480 e. The van der Waals surface area contributed by atoms with Gasteiger partial charge in [-0.15, -0.1) is 0 Å². The zero-order chi connectivity index (χ0) is 25.3. The summed E-state index contributed by atoms with van der Waals surface area (Å²) in [5, 5.41) is 17.3. The Kier molecular flexibility index (Phi) is 8.08. The lowest BCUT2D eigenvalue weighted by Gasteiger charge is -2.22. The highest BCUT2D eigenvalue weighted by molar-refractivity contribution is 5.91. The van der Waals surface area contributed by atoms with E-state index >= 15 is 0 Å². The lowest BCUT2D eigenvalue weighted by molar-refractivity contribution is -0.142. The van der Waals surface area contributed by atoms with Crippen LogP contribution < -0.4 is 10.6 Å². The molecule has 0 fully saturated rings. The minimum atomic E-state index is -1.13. The van der Waals surface area contributed by atoms with E-state index in [9.17, 15) is 19.5 Å². The fraction of sp³-hybridized carbons (Fsp3) is 0.167. The van der Waals surface area contributed by atoms with Gasteiger partial charge in [-0.2, -0.15) is 0 Å². The van der Waals surface area contributed by atoms with Crippen LogP contribution in [0.2, 0.25) is 0 Å². The summed E-state index contributed by atoms with van der Waals surface area (Å²) >= 11 is 0. The third-order valence-corrected chi connectivity index (χ3v) is 6.01. The number of carbonyl (C=O) groups is 3. The number of carboxylic acids is 1. The molecule has 0 spiro atoms. The van der Waals surface area contributed by atoms with Gasteiger partial charge < -0.3 is 15.7 Å². The molecule has 0 radical (unpaired) electrons. The number of hydrogen-bond acceptors (Lipinski definition) is 3. The predicted molar refractivity (Wildman–Crippen MR) is 139 cm³/mol. The maximum Gasteiger partial charge on any atom is 0.326 e. The van der Waals surface area contributed by atoms with Gasteiger partial charge in [0.25, 0.3) is 0 Å². The van der Waals surface area contributed by atoms with Crippen molar-refractivity contribution in [3.63, 3.8) is 0 Å². The first-order valence-electron chi connectivity index (χ1n) is 11.9. The molecule has 4 aromatic carbocycles. The highest BCUT2D eigenvalue weighted by atomic mass is 16.4. The SMILES string of the molecule is O=C(Cc1ccc2ccccc2c1)N[C@@H](Cc1ccccc1)C(=O)N[C@@H](Cc1ccccc1)C(=O)O. The Hall–Kier alpha value is -4.45. The minimum Gasteiger partial charge on any atom is -0.480 e. The summed E-state index contributed by atoms with van der Waals surface area (Å²) in [5.41, 5.74) is 2.49. The Bertz CT molecular complexity index is 1340. The fourth-order valence-corrected chi connectivity index (χ4v) is 4.16. The molecule has 0 unspecified atom stereocenters. The summed E-state index contributed by atoms with van der Waals surface area (Å²) in [7, 11) is 0. The monoisotopic (exact) mass is 480 g/mol. The van der Waals surface area contributed by atoms with Gasteiger partial charge in [0.2, 0.25) is 11.8 Å². The first kappa shape index (κ1) is 24.7. The van der Waals surface area contributed by atoms with Gasteiger partial charge in [0.15, 0.2) is 0 Å². The summed E-state index contributed by atoms with van der Waals surface area (Å²) in [5.74, 6) is -1.97. The molecule has 0 bridgehead atoms. The first-order valence-corrected chi connectivity index (χ1v) is 11.9. The standard InChI is InChI=1S/C30H28N2O4/c33-28(20-23-15-16-24-13-7-8-14-25(24)17-23)31-26(18-21-9-3-1-4-10-21)29(34)32-27(30(35)36)19-22-11-5-2-6-12-22/h1-17,26-27H,18-20H2,(H,31,33)(H,32,34)(H,35,36)/t26-,27-/m0/s1. The maximum atomic E-state index is 13.2. The second kappa shape index (κ2) is 11.8. The number of carbonyl (C=O) groups excluding carboxylic acids is 2. The molecular weight excluding hydrogens is 452 g/mol. The Morgan fingerprint density at radius 1 is 0.611 bits per heavy atom. The van der Waals surface area contributed by atoms with Crippen LogP contribution in [0.5, 0.6) is 0 Å². The Balaban J connectivity index is 1.48. The summed E-state index contributed by atoms with van der Waals surface area (Å²) in [6, 6.07) is 30.1. The van der Waals surface area contributed by atoms with Crippen molar-refractivity contribution in [3.8, 4) is 0 Å². The molecule has 0 saturated heterocycles. The molecule has 0 saturated carbocycles. The first-order chi connectivity index (χ1) is 17.5. The van der Waals surface area contributed by atoms with E-state index in [0.29, 0.717) is 0 Å². The molecule has 0 aliphatic carbocycles. The van der Waals surface area contributed by atoms with E-state index < -0.39 is 24.0 Å². The van der Waals surface area contributed by atoms with Crippen molar-refractivity contribution in [1.82, 2.24) is 10.6 Å². The van der Waals surface area contributed by atoms with Crippen LogP contribution in [0.15, 0.2) is 103 Å². The van der Waals surface area contributed by atoms with E-state index in [1.54, 1.807) is 0 Å². The van der Waals surface area contributed by atoms with Gasteiger partial charge in [-0.05, 0) is 27.5 Å². The third kappa shape index (κ3) is 6.79. The topological polar surface area (TPSA) is 95.5 Å². The van der Waals surface area contributed by atoms with Gasteiger partial charge in [-0.1, -0.05) is 103 Å². The number of amides is 2. The Labute approximate surface area is 210 Å². The van der Waals surface area contributed by atoms with Crippen LogP contribution in [-0.2, 0) is 33.6 Å². The second-order valence-electron chi connectivity index (χ2n) is 8.76. The molecular formula is C30H28N2O4. The lowest BCUT2D eigenvalue weighted by atomic mass is 10.0. The number of carboxylic acid groups (broad SMARTS) is 1. The zero-order valence-corrected chi connectivity index (χ0v) is 19.8. The number of benzene rings is 4. The van der Waals surface area contributed by atoms with Crippen molar-refractivity contribution in [2.75, 3.05) is 0 Å². The van der Waals surface area contributed by atoms with Crippen molar-refractivity contribution in [1.29, 1.82) is 0 Å². The molecule has 0 aliphatic rings. The van der Waals surface area contributed by atoms with E-state index in [1.165, 1.54) is 0 Å². The van der Waals surface area contributed by atoms with Gasteiger partial charge in [-0.25, -0.2) is 4.79 Å². The van der Waals surface area contributed by atoms with Crippen LogP contribution in [0.4, 0.5) is 0 Å². The van der Waals surface area contributed by atoms with Crippen LogP contribution in [0.3, 0.4) is 0 Å². The van der Waals surface area contributed by atoms with Crippen molar-refractivity contribution < 1.29 is 19.5 Å². The highest BCUT2D eigenvalue weighted by Crippen LogP contribution is 2.16. The van der Waals surface area contributed by atoms with Gasteiger partial charge in [0.1, 0.15) is 12.1 Å². The lowest BCUT2D eigenvalue weighted by Crippen LogP contribution is -2.53. The molecule has 6 nitrogen and oxygen atoms in total. The predicted octanol–water partition coefficient (Wildman–Crippen LogP) is 3.92. The van der Waals surface area contributed by atoms with Crippen LogP contribution in [-0.4, -0.2) is 35.0 Å². The molecule has 36 heavy (non-hydrogen) atoms. The zero-order valence-electron chi connectivity index (χ0n) is 19.8. The molecule has 2 atom stereocenters. The van der Waals surface area contributed by atoms with E-state index in [0.717, 1.165) is 27.5 Å². The molecule has 0 aliphatic heterocycles. The van der Waals surface area contributed by atoms with E-state index in [2.05, 4.69) is 10.6 Å². The molecule has 0 aromatic heterocycles. The quantitative estimate of drug-likeness (QED) is 0.321. The smallest absolute Gasteiger partial charge is 0.326 e. The molecule has 4 aromatic rings. The maximum absolute atomic E-state index is 13.2. The van der Waals surface area contributed by atoms with Gasteiger partial charge in [0.05, 0.1) is 6.42 Å². The summed E-state index contributed by atoms with van der Waals surface area (Å²) in [4.78, 5) is 38.1. The number of rotatable bonds is 10. The molecule has 3 N–H and O–H groups in total. The van der Waals surface area contributed by atoms with Gasteiger partial charge >= 0.3 is 5.97 Å². The number of hydrogen-bond donors (Lipinski definition) is 3. The van der Waals surface area contributed by atoms with E-state index in [-0.39, 0.29) is 25.2 Å². The normalized spacial score (nSPS) is 12.4. The molecule has 4 rings (SSSR count). The third-order valence-electron chi connectivity index (χ3n) is 6.01. The molecule has 2 amide bonds. The fourth-order valence-electron chi connectivity index (χ4n) is 4.16. The number of fused-ring (bicyclic) bond motifs is 1. The molecule has 182 valence electrons. The van der Waals surface area contributed by atoms with Crippen molar-refractivity contribution >= 4 is 28.6 Å². The van der Waals surface area contributed by atoms with Crippen molar-refractivity contribution in [2.45, 2.75) is 31.3 Å². The Morgan fingerprint density at radius 2 is 1.17 bits per heavy atom. The minimum absolute atomic E-state index is 0.107. The van der Waals surface area contributed by atoms with E-state index in [4.69, 9.17) is 0 Å². The molecule has 0 heterocycles. The number of aliphatic carboxylic acids is 1. The van der Waals surface area contributed by atoms with Gasteiger partial charge in [-0.3, -0.25) is 9.59 Å². The summed E-state index contributed by atoms with van der Waals surface area (Å²) in [6.07, 6.45) is 0.495. The average Bonchev–Trinajstić information content (AvgIpc) is 2.89.